The molecule has 0 aliphatic carbocycles. The van der Waals surface area contributed by atoms with Crippen LogP contribution in [0.2, 0.25) is 0 Å². The maximum absolute atomic E-state index is 12.5. The summed E-state index contributed by atoms with van der Waals surface area (Å²) in [6, 6.07) is 2.12. The monoisotopic (exact) mass is 279 g/mol. The van der Waals surface area contributed by atoms with Crippen LogP contribution in [-0.4, -0.2) is 29.3 Å². The predicted molar refractivity (Wildman–Crippen MR) is 81.8 cm³/mol. The summed E-state index contributed by atoms with van der Waals surface area (Å²) >= 11 is 1.71. The molecule has 0 unspecified atom stereocenters. The van der Waals surface area contributed by atoms with Gasteiger partial charge in [-0.3, -0.25) is 9.69 Å². The van der Waals surface area contributed by atoms with Gasteiger partial charge in [-0.05, 0) is 68.6 Å². The second kappa shape index (κ2) is 6.67. The van der Waals surface area contributed by atoms with Gasteiger partial charge in [-0.15, -0.1) is 0 Å². The first-order valence-corrected chi connectivity index (χ1v) is 8.34. The Morgan fingerprint density at radius 2 is 1.95 bits per heavy atom. The first kappa shape index (κ1) is 14.7. The molecule has 2 rings (SSSR count). The van der Waals surface area contributed by atoms with Crippen molar-refractivity contribution in [3.05, 3.63) is 22.4 Å². The Morgan fingerprint density at radius 1 is 1.26 bits per heavy atom. The number of ketones is 1. The average Bonchev–Trinajstić information content (AvgIpc) is 2.75. The van der Waals surface area contributed by atoms with E-state index in [9.17, 15) is 4.79 Å². The zero-order valence-corrected chi connectivity index (χ0v) is 13.0. The number of carbonyl (C=O) groups is 1. The van der Waals surface area contributed by atoms with Gasteiger partial charge in [-0.25, -0.2) is 0 Å². The molecule has 0 spiro atoms. The van der Waals surface area contributed by atoms with Crippen molar-refractivity contribution in [3.63, 3.8) is 0 Å². The van der Waals surface area contributed by atoms with Gasteiger partial charge in [0.2, 0.25) is 0 Å². The fourth-order valence-corrected chi connectivity index (χ4v) is 3.51. The number of thiophene rings is 1. The summed E-state index contributed by atoms with van der Waals surface area (Å²) in [5.74, 6) is 0.389. The standard InChI is InChI=1S/C16H25NOS/c1-16(2,17-10-5-3-4-6-11-17)15(18)8-7-14-9-12-19-13-14/h9,12-13H,3-8,10-11H2,1-2H3. The number of Topliss-reactive ketones (excluding diaryl/α,β-unsaturated/α-hetero) is 1. The molecule has 0 amide bonds. The quantitative estimate of drug-likeness (QED) is 0.814. The van der Waals surface area contributed by atoms with Gasteiger partial charge in [0.05, 0.1) is 5.54 Å². The van der Waals surface area contributed by atoms with E-state index < -0.39 is 0 Å². The van der Waals surface area contributed by atoms with Crippen molar-refractivity contribution in [2.75, 3.05) is 13.1 Å². The Hall–Kier alpha value is -0.670. The summed E-state index contributed by atoms with van der Waals surface area (Å²) in [5, 5.41) is 4.23. The van der Waals surface area contributed by atoms with E-state index in [0.29, 0.717) is 12.2 Å². The number of likely N-dealkylation sites (tertiary alicyclic amines) is 1. The molecule has 3 heteroatoms. The van der Waals surface area contributed by atoms with Gasteiger partial charge < -0.3 is 0 Å². The largest absolute Gasteiger partial charge is 0.298 e. The number of carbonyl (C=O) groups excluding carboxylic acids is 1. The lowest BCUT2D eigenvalue weighted by atomic mass is 9.92. The molecule has 1 saturated heterocycles. The smallest absolute Gasteiger partial charge is 0.152 e. The zero-order valence-electron chi connectivity index (χ0n) is 12.2. The Morgan fingerprint density at radius 3 is 2.53 bits per heavy atom. The van der Waals surface area contributed by atoms with E-state index in [2.05, 4.69) is 35.6 Å². The second-order valence-corrected chi connectivity index (χ2v) is 6.80. The molecule has 1 aliphatic rings. The average molecular weight is 279 g/mol. The lowest BCUT2D eigenvalue weighted by molar-refractivity contribution is -0.129. The normalized spacial score (nSPS) is 18.2. The lowest BCUT2D eigenvalue weighted by Crippen LogP contribution is -2.50. The molecule has 0 bridgehead atoms. The Bertz CT molecular complexity index is 389. The third-order valence-corrected chi connectivity index (χ3v) is 5.03. The molecule has 0 N–H and O–H groups in total. The molecule has 0 atom stereocenters. The van der Waals surface area contributed by atoms with Gasteiger partial charge in [0.25, 0.3) is 0 Å². The molecule has 1 aromatic rings. The van der Waals surface area contributed by atoms with Crippen molar-refractivity contribution in [1.29, 1.82) is 0 Å². The van der Waals surface area contributed by atoms with E-state index in [4.69, 9.17) is 0 Å². The molecule has 1 aromatic heterocycles. The van der Waals surface area contributed by atoms with Gasteiger partial charge >= 0.3 is 0 Å². The highest BCUT2D eigenvalue weighted by Crippen LogP contribution is 2.23. The minimum atomic E-state index is -0.291. The van der Waals surface area contributed by atoms with Crippen LogP contribution in [0.25, 0.3) is 0 Å². The number of nitrogens with zero attached hydrogens (tertiary/aromatic N) is 1. The van der Waals surface area contributed by atoms with Crippen LogP contribution in [0.1, 0.15) is 51.5 Å². The molecule has 19 heavy (non-hydrogen) atoms. The molecule has 2 nitrogen and oxygen atoms in total. The minimum Gasteiger partial charge on any atom is -0.298 e. The third-order valence-electron chi connectivity index (χ3n) is 4.30. The van der Waals surface area contributed by atoms with Crippen molar-refractivity contribution in [2.45, 2.75) is 57.9 Å². The van der Waals surface area contributed by atoms with Gasteiger partial charge in [0.15, 0.2) is 5.78 Å². The minimum absolute atomic E-state index is 0.291. The third kappa shape index (κ3) is 3.90. The molecular formula is C16H25NOS. The van der Waals surface area contributed by atoms with Crippen LogP contribution < -0.4 is 0 Å². The highest BCUT2D eigenvalue weighted by Gasteiger charge is 2.33. The van der Waals surface area contributed by atoms with E-state index in [0.717, 1.165) is 19.5 Å². The first-order valence-electron chi connectivity index (χ1n) is 7.40. The van der Waals surface area contributed by atoms with Crippen LogP contribution in [0, 0.1) is 0 Å². The maximum Gasteiger partial charge on any atom is 0.152 e. The topological polar surface area (TPSA) is 20.3 Å². The van der Waals surface area contributed by atoms with Gasteiger partial charge in [0.1, 0.15) is 0 Å². The Labute approximate surface area is 120 Å². The van der Waals surface area contributed by atoms with Crippen LogP contribution in [0.15, 0.2) is 16.8 Å². The molecule has 0 radical (unpaired) electrons. The fraction of sp³-hybridized carbons (Fsp3) is 0.688. The molecule has 0 saturated carbocycles. The van der Waals surface area contributed by atoms with Crippen molar-refractivity contribution < 1.29 is 4.79 Å². The fourth-order valence-electron chi connectivity index (χ4n) is 2.80. The van der Waals surface area contributed by atoms with Crippen LogP contribution in [0.5, 0.6) is 0 Å². The Balaban J connectivity index is 1.91. The van der Waals surface area contributed by atoms with E-state index in [1.54, 1.807) is 11.3 Å². The van der Waals surface area contributed by atoms with Crippen LogP contribution >= 0.6 is 11.3 Å². The second-order valence-electron chi connectivity index (χ2n) is 6.02. The number of hydrogen-bond acceptors (Lipinski definition) is 3. The summed E-state index contributed by atoms with van der Waals surface area (Å²) < 4.78 is 0. The van der Waals surface area contributed by atoms with Crippen LogP contribution in [-0.2, 0) is 11.2 Å². The van der Waals surface area contributed by atoms with Crippen molar-refractivity contribution >= 4 is 17.1 Å². The van der Waals surface area contributed by atoms with Gasteiger partial charge in [-0.1, -0.05) is 12.8 Å². The van der Waals surface area contributed by atoms with Crippen molar-refractivity contribution in [2.24, 2.45) is 0 Å². The van der Waals surface area contributed by atoms with Gasteiger partial charge in [-0.2, -0.15) is 11.3 Å². The summed E-state index contributed by atoms with van der Waals surface area (Å²) in [4.78, 5) is 14.9. The first-order chi connectivity index (χ1) is 9.10. The van der Waals surface area contributed by atoms with E-state index in [1.165, 1.54) is 31.2 Å². The number of rotatable bonds is 5. The van der Waals surface area contributed by atoms with E-state index in [-0.39, 0.29) is 5.54 Å². The summed E-state index contributed by atoms with van der Waals surface area (Å²) in [6.45, 7) is 6.37. The summed E-state index contributed by atoms with van der Waals surface area (Å²) in [6.07, 6.45) is 6.66. The van der Waals surface area contributed by atoms with Crippen LogP contribution in [0.3, 0.4) is 0 Å². The molecule has 1 aliphatic heterocycles. The summed E-state index contributed by atoms with van der Waals surface area (Å²) in [5.41, 5.74) is 1.01. The Kier molecular flexibility index (Phi) is 5.17. The molecule has 1 fully saturated rings. The van der Waals surface area contributed by atoms with Crippen molar-refractivity contribution in [3.8, 4) is 0 Å². The molecule has 106 valence electrons. The molecular weight excluding hydrogens is 254 g/mol. The van der Waals surface area contributed by atoms with Crippen molar-refractivity contribution in [1.82, 2.24) is 4.90 Å². The molecule has 2 heterocycles. The SMILES string of the molecule is CC(C)(C(=O)CCc1ccsc1)N1CCCCCC1. The molecule has 0 aromatic carbocycles. The highest BCUT2D eigenvalue weighted by molar-refractivity contribution is 7.07. The number of hydrogen-bond donors (Lipinski definition) is 0. The highest BCUT2D eigenvalue weighted by atomic mass is 32.1. The van der Waals surface area contributed by atoms with Gasteiger partial charge in [0, 0.05) is 6.42 Å². The predicted octanol–water partition coefficient (Wildman–Crippen LogP) is 3.90. The lowest BCUT2D eigenvalue weighted by Gasteiger charge is -2.36. The summed E-state index contributed by atoms with van der Waals surface area (Å²) in [7, 11) is 0. The number of aryl methyl sites for hydroxylation is 1. The van der Waals surface area contributed by atoms with Crippen LogP contribution in [0.4, 0.5) is 0 Å². The zero-order chi connectivity index (χ0) is 13.7. The maximum atomic E-state index is 12.5. The van der Waals surface area contributed by atoms with E-state index >= 15 is 0 Å². The van der Waals surface area contributed by atoms with E-state index in [1.807, 2.05) is 0 Å².